The van der Waals surface area contributed by atoms with Crippen LogP contribution in [0.25, 0.3) is 0 Å². The summed E-state index contributed by atoms with van der Waals surface area (Å²) in [5, 5.41) is 14.2. The fraction of sp³-hybridized carbons (Fsp3) is 0.154. The molecule has 1 heterocycles. The van der Waals surface area contributed by atoms with Gasteiger partial charge in [-0.25, -0.2) is 4.79 Å². The van der Waals surface area contributed by atoms with Gasteiger partial charge in [0.2, 0.25) is 0 Å². The Morgan fingerprint density at radius 3 is 2.50 bits per heavy atom. The van der Waals surface area contributed by atoms with Gasteiger partial charge in [-0.15, -0.1) is 11.3 Å². The standard InChI is InChI=1S/C13H12BrNO2S/c1-8(12-11(14)6-7-18-12)15-10-4-2-9(3-5-10)13(16)17/h2-8,15H,1H3,(H,16,17). The maximum absolute atomic E-state index is 10.7. The van der Waals surface area contributed by atoms with Gasteiger partial charge in [0.1, 0.15) is 0 Å². The van der Waals surface area contributed by atoms with E-state index >= 15 is 0 Å². The van der Waals surface area contributed by atoms with Gasteiger partial charge in [0.05, 0.1) is 11.6 Å². The van der Waals surface area contributed by atoms with E-state index < -0.39 is 5.97 Å². The molecule has 1 atom stereocenters. The summed E-state index contributed by atoms with van der Waals surface area (Å²) in [6, 6.07) is 8.95. The van der Waals surface area contributed by atoms with Crippen molar-refractivity contribution in [2.24, 2.45) is 0 Å². The Balaban J connectivity index is 2.10. The largest absolute Gasteiger partial charge is 0.478 e. The van der Waals surface area contributed by atoms with Crippen molar-refractivity contribution in [2.45, 2.75) is 13.0 Å². The maximum atomic E-state index is 10.7. The molecule has 2 N–H and O–H groups in total. The Kier molecular flexibility index (Phi) is 4.04. The van der Waals surface area contributed by atoms with E-state index in [-0.39, 0.29) is 6.04 Å². The molecule has 94 valence electrons. The highest BCUT2D eigenvalue weighted by atomic mass is 79.9. The minimum absolute atomic E-state index is 0.176. The Bertz CT molecular complexity index is 550. The van der Waals surface area contributed by atoms with Gasteiger partial charge in [-0.05, 0) is 58.6 Å². The molecular formula is C13H12BrNO2S. The highest BCUT2D eigenvalue weighted by Gasteiger charge is 2.10. The summed E-state index contributed by atoms with van der Waals surface area (Å²) in [7, 11) is 0. The second kappa shape index (κ2) is 5.54. The molecule has 18 heavy (non-hydrogen) atoms. The van der Waals surface area contributed by atoms with Gasteiger partial charge in [-0.3, -0.25) is 0 Å². The number of anilines is 1. The van der Waals surface area contributed by atoms with Crippen molar-refractivity contribution in [3.63, 3.8) is 0 Å². The number of carbonyl (C=O) groups is 1. The number of halogens is 1. The fourth-order valence-electron chi connectivity index (χ4n) is 1.64. The van der Waals surface area contributed by atoms with Crippen molar-refractivity contribution >= 4 is 38.9 Å². The van der Waals surface area contributed by atoms with Gasteiger partial charge >= 0.3 is 5.97 Å². The molecule has 0 aliphatic heterocycles. The molecule has 2 aromatic rings. The monoisotopic (exact) mass is 325 g/mol. The van der Waals surface area contributed by atoms with E-state index in [1.807, 2.05) is 11.4 Å². The third kappa shape index (κ3) is 2.91. The van der Waals surface area contributed by atoms with E-state index in [2.05, 4.69) is 28.2 Å². The first-order chi connectivity index (χ1) is 8.58. The molecule has 1 unspecified atom stereocenters. The van der Waals surface area contributed by atoms with Crippen molar-refractivity contribution in [3.8, 4) is 0 Å². The number of aromatic carboxylic acids is 1. The summed E-state index contributed by atoms with van der Waals surface area (Å²) >= 11 is 5.19. The number of carboxylic acids is 1. The highest BCUT2D eigenvalue weighted by molar-refractivity contribution is 9.10. The SMILES string of the molecule is CC(Nc1ccc(C(=O)O)cc1)c1sccc1Br. The van der Waals surface area contributed by atoms with Gasteiger partial charge in [0.15, 0.2) is 0 Å². The van der Waals surface area contributed by atoms with Crippen molar-refractivity contribution < 1.29 is 9.90 Å². The molecule has 0 spiro atoms. The van der Waals surface area contributed by atoms with Crippen LogP contribution >= 0.6 is 27.3 Å². The normalized spacial score (nSPS) is 12.1. The van der Waals surface area contributed by atoms with Crippen molar-refractivity contribution in [1.29, 1.82) is 0 Å². The van der Waals surface area contributed by atoms with Crippen LogP contribution in [0.2, 0.25) is 0 Å². The van der Waals surface area contributed by atoms with E-state index in [9.17, 15) is 4.79 Å². The molecule has 0 saturated carbocycles. The fourth-order valence-corrected chi connectivity index (χ4v) is 3.36. The van der Waals surface area contributed by atoms with E-state index in [4.69, 9.17) is 5.11 Å². The van der Waals surface area contributed by atoms with E-state index in [1.54, 1.807) is 35.6 Å². The summed E-state index contributed by atoms with van der Waals surface area (Å²) in [5.41, 5.74) is 1.21. The lowest BCUT2D eigenvalue weighted by atomic mass is 10.2. The van der Waals surface area contributed by atoms with Crippen molar-refractivity contribution in [3.05, 3.63) is 50.6 Å². The summed E-state index contributed by atoms with van der Waals surface area (Å²) < 4.78 is 1.09. The molecule has 0 amide bonds. The summed E-state index contributed by atoms with van der Waals surface area (Å²) in [4.78, 5) is 12.0. The molecule has 0 aliphatic rings. The van der Waals surface area contributed by atoms with Crippen molar-refractivity contribution in [2.75, 3.05) is 5.32 Å². The molecular weight excluding hydrogens is 314 g/mol. The molecule has 3 nitrogen and oxygen atoms in total. The highest BCUT2D eigenvalue weighted by Crippen LogP contribution is 2.30. The van der Waals surface area contributed by atoms with Crippen LogP contribution in [-0.4, -0.2) is 11.1 Å². The molecule has 0 saturated heterocycles. The number of carboxylic acid groups (broad SMARTS) is 1. The Hall–Kier alpha value is -1.33. The molecule has 1 aromatic heterocycles. The number of hydrogen-bond donors (Lipinski definition) is 2. The van der Waals surface area contributed by atoms with Crippen molar-refractivity contribution in [1.82, 2.24) is 0 Å². The first-order valence-corrected chi connectivity index (χ1v) is 7.08. The second-order valence-corrected chi connectivity index (χ2v) is 5.68. The quantitative estimate of drug-likeness (QED) is 0.876. The smallest absolute Gasteiger partial charge is 0.335 e. The van der Waals surface area contributed by atoms with Crippen LogP contribution in [0.5, 0.6) is 0 Å². The van der Waals surface area contributed by atoms with Gasteiger partial charge in [-0.2, -0.15) is 0 Å². The average Bonchev–Trinajstić information content (AvgIpc) is 2.76. The minimum atomic E-state index is -0.907. The van der Waals surface area contributed by atoms with Gasteiger partial charge in [-0.1, -0.05) is 0 Å². The molecule has 2 rings (SSSR count). The topological polar surface area (TPSA) is 49.3 Å². The number of rotatable bonds is 4. The number of benzene rings is 1. The van der Waals surface area contributed by atoms with Crippen LogP contribution in [0.3, 0.4) is 0 Å². The van der Waals surface area contributed by atoms with Gasteiger partial charge < -0.3 is 10.4 Å². The Morgan fingerprint density at radius 1 is 1.33 bits per heavy atom. The number of hydrogen-bond acceptors (Lipinski definition) is 3. The lowest BCUT2D eigenvalue weighted by molar-refractivity contribution is 0.0697. The molecule has 5 heteroatoms. The van der Waals surface area contributed by atoms with Gasteiger partial charge in [0.25, 0.3) is 0 Å². The maximum Gasteiger partial charge on any atom is 0.335 e. The Morgan fingerprint density at radius 2 is 2.00 bits per heavy atom. The lowest BCUT2D eigenvalue weighted by Gasteiger charge is -2.14. The minimum Gasteiger partial charge on any atom is -0.478 e. The zero-order chi connectivity index (χ0) is 13.1. The third-order valence-electron chi connectivity index (χ3n) is 2.55. The number of thiophene rings is 1. The molecule has 0 aliphatic carbocycles. The summed E-state index contributed by atoms with van der Waals surface area (Å²) in [6.07, 6.45) is 0. The first kappa shape index (κ1) is 13.1. The predicted molar refractivity (Wildman–Crippen MR) is 77.5 cm³/mol. The van der Waals surface area contributed by atoms with E-state index in [0.29, 0.717) is 5.56 Å². The van der Waals surface area contributed by atoms with Crippen LogP contribution < -0.4 is 5.32 Å². The Labute approximate surface area is 118 Å². The van der Waals surface area contributed by atoms with Crippen LogP contribution in [0.4, 0.5) is 5.69 Å². The third-order valence-corrected chi connectivity index (χ3v) is 4.61. The molecule has 0 bridgehead atoms. The van der Waals surface area contributed by atoms with Crippen LogP contribution in [0, 0.1) is 0 Å². The van der Waals surface area contributed by atoms with Crippen LogP contribution in [0.1, 0.15) is 28.2 Å². The van der Waals surface area contributed by atoms with Crippen LogP contribution in [-0.2, 0) is 0 Å². The second-order valence-electron chi connectivity index (χ2n) is 3.88. The predicted octanol–water partition coefficient (Wildman–Crippen LogP) is 4.38. The zero-order valence-electron chi connectivity index (χ0n) is 9.68. The first-order valence-electron chi connectivity index (χ1n) is 5.40. The molecule has 0 radical (unpaired) electrons. The van der Waals surface area contributed by atoms with E-state index in [0.717, 1.165) is 10.2 Å². The average molecular weight is 326 g/mol. The molecule has 1 aromatic carbocycles. The zero-order valence-corrected chi connectivity index (χ0v) is 12.1. The van der Waals surface area contributed by atoms with Crippen LogP contribution in [0.15, 0.2) is 40.2 Å². The lowest BCUT2D eigenvalue weighted by Crippen LogP contribution is -2.05. The van der Waals surface area contributed by atoms with E-state index in [1.165, 1.54) is 4.88 Å². The molecule has 0 fully saturated rings. The summed E-state index contributed by atoms with van der Waals surface area (Å²) in [5.74, 6) is -0.907. The summed E-state index contributed by atoms with van der Waals surface area (Å²) in [6.45, 7) is 2.07. The number of nitrogens with one attached hydrogen (secondary N) is 1. The van der Waals surface area contributed by atoms with Gasteiger partial charge in [0, 0.05) is 15.0 Å².